The van der Waals surface area contributed by atoms with Crippen molar-refractivity contribution in [3.05, 3.63) is 148 Å². The third-order valence-electron chi connectivity index (χ3n) is 10.8. The molecular formula is C49H44BrF2N7O4S2. The van der Waals surface area contributed by atoms with Crippen LogP contribution in [0.2, 0.25) is 0 Å². The van der Waals surface area contributed by atoms with Gasteiger partial charge in [0.15, 0.2) is 17.1 Å². The Morgan fingerprint density at radius 2 is 1.34 bits per heavy atom. The smallest absolute Gasteiger partial charge is 0.251 e. The molecular weight excluding hydrogens is 933 g/mol. The number of Topliss-reactive ketones (excluding diaryl/α,β-unsaturated/α-hetero) is 1. The molecule has 0 spiro atoms. The van der Waals surface area contributed by atoms with Crippen molar-refractivity contribution in [2.24, 2.45) is 5.92 Å². The summed E-state index contributed by atoms with van der Waals surface area (Å²) < 4.78 is 35.7. The second kappa shape index (κ2) is 20.0. The first-order valence-corrected chi connectivity index (χ1v) is 24.1. The zero-order valence-electron chi connectivity index (χ0n) is 35.9. The van der Waals surface area contributed by atoms with Gasteiger partial charge in [0.1, 0.15) is 27.7 Å². The first-order chi connectivity index (χ1) is 31.4. The topological polar surface area (TPSA) is 136 Å². The van der Waals surface area contributed by atoms with Gasteiger partial charge in [-0.25, -0.2) is 27.8 Å². The Hall–Kier alpha value is -6.10. The number of aryl methyl sites for hydroxylation is 2. The zero-order chi connectivity index (χ0) is 45.8. The molecule has 2 saturated carbocycles. The molecule has 0 radical (unpaired) electrons. The lowest BCUT2D eigenvalue weighted by Gasteiger charge is -2.10. The quantitative estimate of drug-likeness (QED) is 0.0952. The Morgan fingerprint density at radius 1 is 0.754 bits per heavy atom. The largest absolute Gasteiger partial charge is 0.508 e. The van der Waals surface area contributed by atoms with Crippen LogP contribution < -0.4 is 10.1 Å². The van der Waals surface area contributed by atoms with Crippen molar-refractivity contribution in [3.63, 3.8) is 0 Å². The van der Waals surface area contributed by atoms with E-state index in [1.54, 1.807) is 40.7 Å². The van der Waals surface area contributed by atoms with Crippen LogP contribution in [-0.2, 0) is 0 Å². The first kappa shape index (κ1) is 45.5. The van der Waals surface area contributed by atoms with Gasteiger partial charge < -0.3 is 15.2 Å². The normalized spacial score (nSPS) is 13.2. The number of carbonyl (C=O) groups excluding carboxylic acids is 2. The van der Waals surface area contributed by atoms with Crippen LogP contribution in [-0.4, -0.2) is 64.5 Å². The van der Waals surface area contributed by atoms with E-state index >= 15 is 0 Å². The van der Waals surface area contributed by atoms with Gasteiger partial charge in [0.25, 0.3) is 5.91 Å². The number of nitrogens with zero attached hydrogens (tertiary/aromatic N) is 6. The van der Waals surface area contributed by atoms with Gasteiger partial charge in [0.05, 0.1) is 33.6 Å². The molecule has 0 aliphatic heterocycles. The zero-order valence-corrected chi connectivity index (χ0v) is 39.1. The molecule has 4 heterocycles. The van der Waals surface area contributed by atoms with Crippen molar-refractivity contribution in [1.82, 2.24) is 34.5 Å². The van der Waals surface area contributed by atoms with Crippen molar-refractivity contribution in [2.75, 3.05) is 12.5 Å². The molecule has 4 aromatic carbocycles. The van der Waals surface area contributed by atoms with Gasteiger partial charge in [0, 0.05) is 52.9 Å². The summed E-state index contributed by atoms with van der Waals surface area (Å²) in [5, 5.41) is 20.8. The number of ether oxygens (including phenoxy) is 1. The summed E-state index contributed by atoms with van der Waals surface area (Å²) >= 11 is 6.63. The average Bonchev–Trinajstić information content (AvgIpc) is 4.20. The van der Waals surface area contributed by atoms with E-state index in [1.807, 2.05) is 79.5 Å². The lowest BCUT2D eigenvalue weighted by atomic mass is 9.98. The summed E-state index contributed by atoms with van der Waals surface area (Å²) in [6.45, 7) is 3.93. The highest BCUT2D eigenvalue weighted by Gasteiger charge is 2.26. The van der Waals surface area contributed by atoms with Crippen LogP contribution in [0.4, 0.5) is 8.78 Å². The summed E-state index contributed by atoms with van der Waals surface area (Å²) in [7, 11) is 0. The average molecular weight is 977 g/mol. The van der Waals surface area contributed by atoms with Crippen LogP contribution in [0, 0.1) is 31.4 Å². The Balaban J connectivity index is 0.000000155. The van der Waals surface area contributed by atoms with E-state index in [9.17, 15) is 18.4 Å². The third-order valence-corrected chi connectivity index (χ3v) is 12.6. The van der Waals surface area contributed by atoms with Gasteiger partial charge in [-0.3, -0.25) is 9.59 Å². The minimum atomic E-state index is -0.412. The van der Waals surface area contributed by atoms with E-state index < -0.39 is 5.82 Å². The van der Waals surface area contributed by atoms with Gasteiger partial charge in [-0.1, -0.05) is 30.3 Å². The van der Waals surface area contributed by atoms with Crippen LogP contribution >= 0.6 is 39.5 Å². The van der Waals surface area contributed by atoms with Crippen molar-refractivity contribution in [3.8, 4) is 39.9 Å². The number of imidazole rings is 2. The molecule has 2 aliphatic carbocycles. The van der Waals surface area contributed by atoms with Crippen molar-refractivity contribution in [1.29, 1.82) is 0 Å². The second-order valence-corrected chi connectivity index (χ2v) is 18.3. The van der Waals surface area contributed by atoms with Crippen molar-refractivity contribution < 1.29 is 28.2 Å². The molecule has 1 amide bonds. The number of thioether (sulfide) groups is 2. The highest BCUT2D eigenvalue weighted by atomic mass is 79.9. The number of ketones is 1. The molecule has 0 atom stereocenters. The fourth-order valence-electron chi connectivity index (χ4n) is 7.10. The van der Waals surface area contributed by atoms with Crippen LogP contribution in [0.15, 0.2) is 124 Å². The molecule has 10 rings (SSSR count). The van der Waals surface area contributed by atoms with E-state index in [4.69, 9.17) is 9.84 Å². The SMILES string of the molecule is CSc1cc(Br)nn2c(-c3ccc(C(=O)NC4CC4)c(C)c3)cnc12.CSc1cc(Oc2cccc(F)c2)nn2c(-c3ccc(C(=O)CC4CC4)c(C)c3)cnc12.Oc1cccc(F)c1. The van der Waals surface area contributed by atoms with Crippen LogP contribution in [0.1, 0.15) is 63.9 Å². The summed E-state index contributed by atoms with van der Waals surface area (Å²) in [6.07, 6.45) is 12.7. The summed E-state index contributed by atoms with van der Waals surface area (Å²) in [5.41, 5.74) is 8.56. The number of phenols is 1. The van der Waals surface area contributed by atoms with Gasteiger partial charge >= 0.3 is 0 Å². The highest BCUT2D eigenvalue weighted by Crippen LogP contribution is 2.35. The highest BCUT2D eigenvalue weighted by molar-refractivity contribution is 9.10. The lowest BCUT2D eigenvalue weighted by Crippen LogP contribution is -2.26. The monoisotopic (exact) mass is 975 g/mol. The van der Waals surface area contributed by atoms with Crippen LogP contribution in [0.5, 0.6) is 17.4 Å². The molecule has 332 valence electrons. The number of aromatic hydroxyl groups is 1. The minimum Gasteiger partial charge on any atom is -0.508 e. The van der Waals surface area contributed by atoms with E-state index in [-0.39, 0.29) is 23.3 Å². The molecule has 4 aromatic heterocycles. The third kappa shape index (κ3) is 11.1. The fraction of sp³-hybridized carbons (Fsp3) is 0.224. The van der Waals surface area contributed by atoms with Gasteiger partial charge in [-0.2, -0.15) is 5.10 Å². The Kier molecular flexibility index (Phi) is 14.0. The molecule has 16 heteroatoms. The standard InChI is InChI=1S/C25H22FN3O2S.C18H17BrN4OS.C6H5FO/c1-15-10-17(8-9-20(15)22(30)11-16-6-7-16)21-14-27-25-23(32-2)13-24(28-29(21)25)31-19-5-3-4-18(26)12-19;1-10-7-11(3-6-13(10)18(24)21-12-4-5-12)14-9-20-17-15(25-2)8-16(19)22-23(14)17;7-5-2-1-3-6(8)4-5/h3-5,8-10,12-14,16H,6-7,11H2,1-2H3;3,6-9,12H,4-5H2,1-2H3,(H,21,24);1-4,8H. The van der Waals surface area contributed by atoms with Crippen LogP contribution in [0.3, 0.4) is 0 Å². The van der Waals surface area contributed by atoms with Gasteiger partial charge in [-0.05, 0) is 134 Å². The van der Waals surface area contributed by atoms with Crippen molar-refractivity contribution in [2.45, 2.75) is 61.8 Å². The van der Waals surface area contributed by atoms with E-state index in [0.29, 0.717) is 35.7 Å². The first-order valence-electron chi connectivity index (χ1n) is 20.8. The number of fused-ring (bicyclic) bond motifs is 2. The number of halogens is 3. The molecule has 0 bridgehead atoms. The second-order valence-electron chi connectivity index (χ2n) is 15.8. The summed E-state index contributed by atoms with van der Waals surface area (Å²) in [4.78, 5) is 35.9. The molecule has 8 aromatic rings. The number of hydrogen-bond donors (Lipinski definition) is 2. The minimum absolute atomic E-state index is 0.00947. The molecule has 0 unspecified atom stereocenters. The molecule has 2 aliphatic rings. The van der Waals surface area contributed by atoms with E-state index in [2.05, 4.69) is 41.4 Å². The van der Waals surface area contributed by atoms with Gasteiger partial charge in [0.2, 0.25) is 5.88 Å². The van der Waals surface area contributed by atoms with E-state index in [1.165, 1.54) is 42.1 Å². The Bertz CT molecular complexity index is 3050. The maximum Gasteiger partial charge on any atom is 0.251 e. The number of carbonyl (C=O) groups is 2. The maximum atomic E-state index is 13.6. The number of aromatic nitrogens is 6. The number of hydrogen-bond acceptors (Lipinski definition) is 10. The lowest BCUT2D eigenvalue weighted by molar-refractivity contribution is 0.0948. The summed E-state index contributed by atoms with van der Waals surface area (Å²) in [6, 6.07) is 27.0. The molecule has 0 saturated heterocycles. The molecule has 2 fully saturated rings. The number of amides is 1. The number of phenolic OH excluding ortho intramolecular Hbond substituents is 1. The number of nitrogens with one attached hydrogen (secondary N) is 1. The maximum absolute atomic E-state index is 13.6. The predicted molar refractivity (Wildman–Crippen MR) is 254 cm³/mol. The summed E-state index contributed by atoms with van der Waals surface area (Å²) in [5.74, 6) is 0.683. The molecule has 65 heavy (non-hydrogen) atoms. The Morgan fingerprint density at radius 3 is 1.88 bits per heavy atom. The van der Waals surface area contributed by atoms with Gasteiger partial charge in [-0.15, -0.1) is 28.6 Å². The van der Waals surface area contributed by atoms with Crippen LogP contribution in [0.25, 0.3) is 33.8 Å². The number of benzene rings is 4. The van der Waals surface area contributed by atoms with Crippen molar-refractivity contribution >= 4 is 62.4 Å². The number of rotatable bonds is 11. The fourth-order valence-corrected chi connectivity index (χ4v) is 8.73. The predicted octanol–water partition coefficient (Wildman–Crippen LogP) is 12.0. The molecule has 11 nitrogen and oxygen atoms in total. The Labute approximate surface area is 391 Å². The van der Waals surface area contributed by atoms with E-state index in [0.717, 1.165) is 96.6 Å². The molecule has 2 N–H and O–H groups in total.